The SMILES string of the molecule is C=C/C(=C(/C)N=C)c1cnc2ccccc2c1. The summed E-state index contributed by atoms with van der Waals surface area (Å²) in [5.41, 5.74) is 3.84. The zero-order chi connectivity index (χ0) is 12.3. The largest absolute Gasteiger partial charge is 0.269 e. The molecule has 0 amide bonds. The Kier molecular flexibility index (Phi) is 3.15. The third-order valence-corrected chi connectivity index (χ3v) is 2.73. The number of aliphatic imine (C=N–C) groups is 1. The Balaban J connectivity index is 2.63. The van der Waals surface area contributed by atoms with E-state index in [9.17, 15) is 0 Å². The minimum Gasteiger partial charge on any atom is -0.269 e. The Hall–Kier alpha value is -2.22. The van der Waals surface area contributed by atoms with Crippen molar-refractivity contribution < 1.29 is 0 Å². The summed E-state index contributed by atoms with van der Waals surface area (Å²) in [5, 5.41) is 1.11. The lowest BCUT2D eigenvalue weighted by Crippen LogP contribution is -1.87. The number of pyridine rings is 1. The number of rotatable bonds is 3. The van der Waals surface area contributed by atoms with Crippen molar-refractivity contribution in [2.24, 2.45) is 4.99 Å². The molecule has 0 aliphatic carbocycles. The average Bonchev–Trinajstić information content (AvgIpc) is 2.39. The van der Waals surface area contributed by atoms with Crippen LogP contribution in [0.3, 0.4) is 0 Å². The molecule has 0 radical (unpaired) electrons. The van der Waals surface area contributed by atoms with Gasteiger partial charge in [0.1, 0.15) is 0 Å². The molecule has 0 bridgehead atoms. The maximum Gasteiger partial charge on any atom is 0.0702 e. The number of aromatic nitrogens is 1. The fourth-order valence-corrected chi connectivity index (χ4v) is 1.78. The molecule has 2 aromatic rings. The molecule has 0 aliphatic heterocycles. The Morgan fingerprint density at radius 2 is 2.12 bits per heavy atom. The molecule has 0 aliphatic rings. The molecule has 0 atom stereocenters. The zero-order valence-electron chi connectivity index (χ0n) is 9.85. The van der Waals surface area contributed by atoms with Gasteiger partial charge in [0, 0.05) is 28.4 Å². The van der Waals surface area contributed by atoms with Crippen LogP contribution in [-0.4, -0.2) is 11.7 Å². The molecule has 1 aromatic carbocycles. The highest BCUT2D eigenvalue weighted by atomic mass is 14.7. The molecular formula is C15H14N2. The molecule has 0 unspecified atom stereocenters. The van der Waals surface area contributed by atoms with E-state index >= 15 is 0 Å². The number of para-hydroxylation sites is 1. The minimum absolute atomic E-state index is 0.858. The van der Waals surface area contributed by atoms with E-state index in [4.69, 9.17) is 0 Å². The highest BCUT2D eigenvalue weighted by Gasteiger charge is 2.03. The first-order valence-electron chi connectivity index (χ1n) is 5.41. The Morgan fingerprint density at radius 3 is 2.82 bits per heavy atom. The van der Waals surface area contributed by atoms with Gasteiger partial charge in [-0.15, -0.1) is 0 Å². The summed E-state index contributed by atoms with van der Waals surface area (Å²) in [6.07, 6.45) is 3.63. The summed E-state index contributed by atoms with van der Waals surface area (Å²) in [7, 11) is 0. The average molecular weight is 222 g/mol. The second-order valence-electron chi connectivity index (χ2n) is 3.78. The standard InChI is InChI=1S/C15H14N2/c1-4-14(11(2)16-3)13-9-12-7-5-6-8-15(12)17-10-13/h4-10H,1,3H2,2H3/b14-11+. The highest BCUT2D eigenvalue weighted by Crippen LogP contribution is 2.22. The van der Waals surface area contributed by atoms with E-state index in [1.54, 1.807) is 6.08 Å². The Labute approximate surface area is 101 Å². The van der Waals surface area contributed by atoms with Gasteiger partial charge in [0.2, 0.25) is 0 Å². The first-order valence-corrected chi connectivity index (χ1v) is 5.41. The first-order chi connectivity index (χ1) is 8.26. The van der Waals surface area contributed by atoms with Crippen LogP contribution in [0.4, 0.5) is 0 Å². The second-order valence-corrected chi connectivity index (χ2v) is 3.78. The maximum atomic E-state index is 4.42. The fraction of sp³-hybridized carbons (Fsp3) is 0.0667. The van der Waals surface area contributed by atoms with Gasteiger partial charge in [0.05, 0.1) is 5.52 Å². The van der Waals surface area contributed by atoms with E-state index in [-0.39, 0.29) is 0 Å². The van der Waals surface area contributed by atoms with E-state index in [0.717, 1.165) is 27.7 Å². The Morgan fingerprint density at radius 1 is 1.35 bits per heavy atom. The molecule has 0 spiro atoms. The van der Waals surface area contributed by atoms with Crippen molar-refractivity contribution in [3.05, 3.63) is 60.4 Å². The van der Waals surface area contributed by atoms with Gasteiger partial charge >= 0.3 is 0 Å². The molecule has 0 fully saturated rings. The maximum absolute atomic E-state index is 4.42. The fourth-order valence-electron chi connectivity index (χ4n) is 1.78. The van der Waals surface area contributed by atoms with Crippen molar-refractivity contribution in [3.8, 4) is 0 Å². The highest BCUT2D eigenvalue weighted by molar-refractivity contribution is 5.85. The number of nitrogens with zero attached hydrogens (tertiary/aromatic N) is 2. The molecule has 0 saturated carbocycles. The summed E-state index contributed by atoms with van der Waals surface area (Å²) in [6.45, 7) is 9.27. The third-order valence-electron chi connectivity index (χ3n) is 2.73. The quantitative estimate of drug-likeness (QED) is 0.572. The van der Waals surface area contributed by atoms with Gasteiger partial charge < -0.3 is 0 Å². The molecule has 2 rings (SSSR count). The lowest BCUT2D eigenvalue weighted by Gasteiger charge is -2.06. The van der Waals surface area contributed by atoms with Crippen molar-refractivity contribution in [1.82, 2.24) is 4.98 Å². The molecule has 2 heteroatoms. The molecule has 0 saturated heterocycles. The molecule has 17 heavy (non-hydrogen) atoms. The van der Waals surface area contributed by atoms with Crippen molar-refractivity contribution >= 4 is 23.2 Å². The third kappa shape index (κ3) is 2.16. The smallest absolute Gasteiger partial charge is 0.0702 e. The van der Waals surface area contributed by atoms with Gasteiger partial charge in [-0.2, -0.15) is 0 Å². The van der Waals surface area contributed by atoms with E-state index in [0.29, 0.717) is 0 Å². The molecular weight excluding hydrogens is 208 g/mol. The number of hydrogen-bond acceptors (Lipinski definition) is 2. The van der Waals surface area contributed by atoms with Gasteiger partial charge in [-0.3, -0.25) is 9.98 Å². The van der Waals surface area contributed by atoms with Crippen LogP contribution in [0.2, 0.25) is 0 Å². The molecule has 0 N–H and O–H groups in total. The van der Waals surface area contributed by atoms with Gasteiger partial charge in [0.25, 0.3) is 0 Å². The molecule has 84 valence electrons. The second kappa shape index (κ2) is 4.74. The van der Waals surface area contributed by atoms with Crippen LogP contribution in [0.25, 0.3) is 16.5 Å². The van der Waals surface area contributed by atoms with Gasteiger partial charge in [0.15, 0.2) is 0 Å². The predicted molar refractivity (Wildman–Crippen MR) is 74.1 cm³/mol. The van der Waals surface area contributed by atoms with E-state index in [1.807, 2.05) is 37.4 Å². The summed E-state index contributed by atoms with van der Waals surface area (Å²) < 4.78 is 0. The first kappa shape index (κ1) is 11.3. The molecule has 1 aromatic heterocycles. The normalized spacial score (nSPS) is 12.1. The summed E-state index contributed by atoms with van der Waals surface area (Å²) in [4.78, 5) is 8.37. The van der Waals surface area contributed by atoms with E-state index < -0.39 is 0 Å². The summed E-state index contributed by atoms with van der Waals surface area (Å²) in [6, 6.07) is 10.1. The van der Waals surface area contributed by atoms with Crippen LogP contribution in [-0.2, 0) is 0 Å². The van der Waals surface area contributed by atoms with Crippen LogP contribution in [0, 0.1) is 0 Å². The van der Waals surface area contributed by atoms with Gasteiger partial charge in [-0.1, -0.05) is 30.9 Å². The van der Waals surface area contributed by atoms with Gasteiger partial charge in [-0.25, -0.2) is 0 Å². The minimum atomic E-state index is 0.858. The number of fused-ring (bicyclic) bond motifs is 1. The topological polar surface area (TPSA) is 25.2 Å². The summed E-state index contributed by atoms with van der Waals surface area (Å²) >= 11 is 0. The predicted octanol–water partition coefficient (Wildman–Crippen LogP) is 3.85. The van der Waals surface area contributed by atoms with Crippen LogP contribution in [0.5, 0.6) is 0 Å². The van der Waals surface area contributed by atoms with E-state index in [1.165, 1.54) is 0 Å². The Bertz CT molecular complexity index is 609. The van der Waals surface area contributed by atoms with Crippen LogP contribution in [0.1, 0.15) is 12.5 Å². The van der Waals surface area contributed by atoms with Crippen molar-refractivity contribution in [1.29, 1.82) is 0 Å². The van der Waals surface area contributed by atoms with Crippen LogP contribution < -0.4 is 0 Å². The lowest BCUT2D eigenvalue weighted by atomic mass is 10.0. The number of hydrogen-bond donors (Lipinski definition) is 0. The van der Waals surface area contributed by atoms with Crippen LogP contribution in [0.15, 0.2) is 59.9 Å². The van der Waals surface area contributed by atoms with E-state index in [2.05, 4.69) is 29.3 Å². The summed E-state index contributed by atoms with van der Waals surface area (Å²) in [5.74, 6) is 0. The molecule has 2 nitrogen and oxygen atoms in total. The van der Waals surface area contributed by atoms with Crippen LogP contribution >= 0.6 is 0 Å². The van der Waals surface area contributed by atoms with Crippen molar-refractivity contribution in [2.45, 2.75) is 6.92 Å². The lowest BCUT2D eigenvalue weighted by molar-refractivity contribution is 1.31. The molecule has 1 heterocycles. The monoisotopic (exact) mass is 222 g/mol. The van der Waals surface area contributed by atoms with Gasteiger partial charge in [-0.05, 0) is 25.8 Å². The van der Waals surface area contributed by atoms with Crippen molar-refractivity contribution in [2.75, 3.05) is 0 Å². The zero-order valence-corrected chi connectivity index (χ0v) is 9.85. The number of allylic oxidation sites excluding steroid dienone is 3. The van der Waals surface area contributed by atoms with Crippen molar-refractivity contribution in [3.63, 3.8) is 0 Å². The number of benzene rings is 1.